The number of aromatic hydroxyl groups is 3. The molecule has 0 radical (unpaired) electrons. The van der Waals surface area contributed by atoms with Crippen LogP contribution >= 0.6 is 0 Å². The van der Waals surface area contributed by atoms with E-state index >= 15 is 0 Å². The number of rotatable bonds is 3. The molecular formula is C9H12O4. The Labute approximate surface area is 75.7 Å². The van der Waals surface area contributed by atoms with Crippen molar-refractivity contribution in [3.63, 3.8) is 0 Å². The Balaban J connectivity index is 2.88. The maximum atomic E-state index is 9.29. The summed E-state index contributed by atoms with van der Waals surface area (Å²) in [5.41, 5.74) is 0.518. The molecule has 0 bridgehead atoms. The fourth-order valence-electron chi connectivity index (χ4n) is 1.08. The molecule has 1 aromatic carbocycles. The normalized spacial score (nSPS) is 10.2. The summed E-state index contributed by atoms with van der Waals surface area (Å²) < 4.78 is 0. The quantitative estimate of drug-likeness (QED) is 0.412. The molecule has 0 aliphatic heterocycles. The maximum absolute atomic E-state index is 9.29. The van der Waals surface area contributed by atoms with Gasteiger partial charge in [-0.1, -0.05) is 0 Å². The van der Waals surface area contributed by atoms with E-state index in [4.69, 9.17) is 15.3 Å². The second kappa shape index (κ2) is 4.00. The number of hydrogen-bond donors (Lipinski definition) is 4. The molecule has 0 aliphatic carbocycles. The van der Waals surface area contributed by atoms with Gasteiger partial charge in [-0.25, -0.2) is 0 Å². The number of phenolic OH excluding ortho intramolecular Hbond substituents is 3. The van der Waals surface area contributed by atoms with Crippen molar-refractivity contribution in [1.82, 2.24) is 0 Å². The van der Waals surface area contributed by atoms with E-state index < -0.39 is 0 Å². The lowest BCUT2D eigenvalue weighted by atomic mass is 10.1. The van der Waals surface area contributed by atoms with E-state index in [9.17, 15) is 5.11 Å². The molecule has 0 atom stereocenters. The second-order valence-electron chi connectivity index (χ2n) is 2.80. The molecule has 0 aromatic heterocycles. The predicted octanol–water partition coefficient (Wildman–Crippen LogP) is 0.728. The zero-order valence-corrected chi connectivity index (χ0v) is 7.06. The molecule has 0 saturated heterocycles. The van der Waals surface area contributed by atoms with Crippen LogP contribution in [0.4, 0.5) is 0 Å². The number of benzene rings is 1. The Morgan fingerprint density at radius 3 is 2.15 bits per heavy atom. The van der Waals surface area contributed by atoms with Gasteiger partial charge in [0.15, 0.2) is 11.5 Å². The van der Waals surface area contributed by atoms with Gasteiger partial charge >= 0.3 is 0 Å². The molecule has 72 valence electrons. The van der Waals surface area contributed by atoms with Crippen molar-refractivity contribution in [3.05, 3.63) is 17.7 Å². The van der Waals surface area contributed by atoms with Crippen LogP contribution in [-0.4, -0.2) is 27.0 Å². The summed E-state index contributed by atoms with van der Waals surface area (Å²) >= 11 is 0. The van der Waals surface area contributed by atoms with E-state index in [2.05, 4.69) is 0 Å². The molecule has 0 fully saturated rings. The average Bonchev–Trinajstić information content (AvgIpc) is 2.09. The molecule has 0 saturated carbocycles. The van der Waals surface area contributed by atoms with E-state index in [1.54, 1.807) is 0 Å². The van der Waals surface area contributed by atoms with Crippen LogP contribution in [0.1, 0.15) is 12.0 Å². The first-order valence-corrected chi connectivity index (χ1v) is 4.00. The molecular weight excluding hydrogens is 172 g/mol. The first-order chi connectivity index (χ1) is 6.15. The van der Waals surface area contributed by atoms with Gasteiger partial charge in [0.1, 0.15) is 5.75 Å². The van der Waals surface area contributed by atoms with Crippen LogP contribution in [0.25, 0.3) is 0 Å². The van der Waals surface area contributed by atoms with Gasteiger partial charge in [-0.05, 0) is 24.5 Å². The van der Waals surface area contributed by atoms with Gasteiger partial charge in [0.05, 0.1) is 0 Å². The topological polar surface area (TPSA) is 80.9 Å². The minimum atomic E-state index is -0.342. The summed E-state index contributed by atoms with van der Waals surface area (Å²) in [4.78, 5) is 0. The lowest BCUT2D eigenvalue weighted by Crippen LogP contribution is -1.90. The second-order valence-corrected chi connectivity index (χ2v) is 2.80. The van der Waals surface area contributed by atoms with Crippen LogP contribution < -0.4 is 0 Å². The van der Waals surface area contributed by atoms with E-state index in [1.165, 1.54) is 6.07 Å². The molecule has 0 unspecified atom stereocenters. The van der Waals surface area contributed by atoms with E-state index in [1.807, 2.05) is 0 Å². The van der Waals surface area contributed by atoms with E-state index in [0.717, 1.165) is 6.07 Å². The number of aliphatic hydroxyl groups excluding tert-OH is 1. The molecule has 1 aromatic rings. The zero-order valence-electron chi connectivity index (χ0n) is 7.06. The van der Waals surface area contributed by atoms with Crippen molar-refractivity contribution in [2.24, 2.45) is 0 Å². The van der Waals surface area contributed by atoms with Gasteiger partial charge < -0.3 is 20.4 Å². The SMILES string of the molecule is OCCCc1cc(O)c(O)cc1O. The Morgan fingerprint density at radius 1 is 0.923 bits per heavy atom. The summed E-state index contributed by atoms with van der Waals surface area (Å²) in [6.07, 6.45) is 0.980. The molecule has 0 amide bonds. The van der Waals surface area contributed by atoms with Crippen molar-refractivity contribution >= 4 is 0 Å². The van der Waals surface area contributed by atoms with Crippen LogP contribution in [-0.2, 0) is 6.42 Å². The van der Waals surface area contributed by atoms with Crippen LogP contribution in [0.15, 0.2) is 12.1 Å². The van der Waals surface area contributed by atoms with Gasteiger partial charge in [0, 0.05) is 12.7 Å². The highest BCUT2D eigenvalue weighted by Gasteiger charge is 2.06. The van der Waals surface area contributed by atoms with E-state index in [-0.39, 0.29) is 23.9 Å². The third-order valence-electron chi connectivity index (χ3n) is 1.78. The first kappa shape index (κ1) is 9.67. The highest BCUT2D eigenvalue weighted by atomic mass is 16.3. The molecule has 1 rings (SSSR count). The van der Waals surface area contributed by atoms with Gasteiger partial charge in [0.2, 0.25) is 0 Å². The molecule has 4 nitrogen and oxygen atoms in total. The summed E-state index contributed by atoms with van der Waals surface area (Å²) in [6.45, 7) is 0.0288. The van der Waals surface area contributed by atoms with Crippen LogP contribution in [0.3, 0.4) is 0 Å². The van der Waals surface area contributed by atoms with Gasteiger partial charge in [-0.3, -0.25) is 0 Å². The predicted molar refractivity (Wildman–Crippen MR) is 46.8 cm³/mol. The van der Waals surface area contributed by atoms with Crippen LogP contribution in [0, 0.1) is 0 Å². The smallest absolute Gasteiger partial charge is 0.161 e. The molecule has 0 heterocycles. The zero-order chi connectivity index (χ0) is 9.84. The van der Waals surface area contributed by atoms with Gasteiger partial charge in [-0.2, -0.15) is 0 Å². The summed E-state index contributed by atoms with van der Waals surface area (Å²) in [6, 6.07) is 2.38. The molecule has 0 aliphatic rings. The Bertz CT molecular complexity index is 296. The van der Waals surface area contributed by atoms with E-state index in [0.29, 0.717) is 18.4 Å². The number of hydrogen-bond acceptors (Lipinski definition) is 4. The molecule has 13 heavy (non-hydrogen) atoms. The summed E-state index contributed by atoms with van der Waals surface area (Å²) in [5, 5.41) is 35.9. The largest absolute Gasteiger partial charge is 0.508 e. The Hall–Kier alpha value is -1.42. The number of aryl methyl sites for hydroxylation is 1. The van der Waals surface area contributed by atoms with Crippen LogP contribution in [0.2, 0.25) is 0 Å². The Morgan fingerprint density at radius 2 is 1.54 bits per heavy atom. The van der Waals surface area contributed by atoms with Crippen molar-refractivity contribution in [3.8, 4) is 17.2 Å². The van der Waals surface area contributed by atoms with Gasteiger partial charge in [-0.15, -0.1) is 0 Å². The standard InChI is InChI=1S/C9H12O4/c10-3-1-2-6-4-8(12)9(13)5-7(6)11/h4-5,10-13H,1-3H2. The van der Waals surface area contributed by atoms with Crippen molar-refractivity contribution in [1.29, 1.82) is 0 Å². The highest BCUT2D eigenvalue weighted by Crippen LogP contribution is 2.32. The van der Waals surface area contributed by atoms with Crippen molar-refractivity contribution < 1.29 is 20.4 Å². The minimum absolute atomic E-state index is 0.0288. The van der Waals surface area contributed by atoms with Crippen molar-refractivity contribution in [2.75, 3.05) is 6.61 Å². The fraction of sp³-hybridized carbons (Fsp3) is 0.333. The summed E-state index contributed by atoms with van der Waals surface area (Å²) in [5.74, 6) is -0.667. The monoisotopic (exact) mass is 184 g/mol. The lowest BCUT2D eigenvalue weighted by molar-refractivity contribution is 0.288. The Kier molecular flexibility index (Phi) is 2.97. The van der Waals surface area contributed by atoms with Gasteiger partial charge in [0.25, 0.3) is 0 Å². The summed E-state index contributed by atoms with van der Waals surface area (Å²) in [7, 11) is 0. The minimum Gasteiger partial charge on any atom is -0.508 e. The molecule has 0 spiro atoms. The highest BCUT2D eigenvalue weighted by molar-refractivity contribution is 5.48. The number of phenols is 3. The average molecular weight is 184 g/mol. The first-order valence-electron chi connectivity index (χ1n) is 4.00. The van der Waals surface area contributed by atoms with Crippen molar-refractivity contribution in [2.45, 2.75) is 12.8 Å². The third kappa shape index (κ3) is 2.26. The molecule has 4 N–H and O–H groups in total. The lowest BCUT2D eigenvalue weighted by Gasteiger charge is -2.05. The molecule has 4 heteroatoms. The fourth-order valence-corrected chi connectivity index (χ4v) is 1.08. The number of aliphatic hydroxyl groups is 1. The van der Waals surface area contributed by atoms with Crippen LogP contribution in [0.5, 0.6) is 17.2 Å². The third-order valence-corrected chi connectivity index (χ3v) is 1.78. The maximum Gasteiger partial charge on any atom is 0.161 e.